The van der Waals surface area contributed by atoms with Crippen LogP contribution in [0.3, 0.4) is 0 Å². The van der Waals surface area contributed by atoms with Gasteiger partial charge in [-0.3, -0.25) is 21.0 Å². The number of hydrogen-bond donors (Lipinski definition) is 4. The largest absolute Gasteiger partial charge is 0.369 e. The van der Waals surface area contributed by atoms with Gasteiger partial charge in [0.25, 0.3) is 0 Å². The highest BCUT2D eigenvalue weighted by Crippen LogP contribution is 2.19. The molecule has 0 radical (unpaired) electrons. The highest BCUT2D eigenvalue weighted by Gasteiger charge is 2.31. The summed E-state index contributed by atoms with van der Waals surface area (Å²) < 4.78 is 0. The second-order valence-corrected chi connectivity index (χ2v) is 6.97. The maximum Gasteiger partial charge on any atom is 0.209 e. The van der Waals surface area contributed by atoms with Crippen LogP contribution in [0.4, 0.5) is 0 Å². The number of rotatable bonds is 5. The van der Waals surface area contributed by atoms with Crippen LogP contribution in [0.2, 0.25) is 0 Å². The highest BCUT2D eigenvalue weighted by atomic mass is 15.6. The molecule has 25 heavy (non-hydrogen) atoms. The van der Waals surface area contributed by atoms with Crippen LogP contribution in [-0.2, 0) is 5.79 Å². The summed E-state index contributed by atoms with van der Waals surface area (Å²) >= 11 is 0. The molecule has 1 aromatic carbocycles. The second kappa shape index (κ2) is 7.53. The maximum atomic E-state index is 6.18. The summed E-state index contributed by atoms with van der Waals surface area (Å²) in [6.07, 6.45) is 4.38. The molecule has 0 aromatic heterocycles. The average Bonchev–Trinajstić information content (AvgIpc) is 2.96. The number of nitrogens with zero attached hydrogens (tertiary/aromatic N) is 3. The average molecular weight is 343 g/mol. The van der Waals surface area contributed by atoms with Gasteiger partial charge < -0.3 is 5.73 Å². The first-order valence-electron chi connectivity index (χ1n) is 8.87. The molecule has 2 aliphatic heterocycles. The lowest BCUT2D eigenvalue weighted by atomic mass is 10.1. The minimum atomic E-state index is -0.998. The smallest absolute Gasteiger partial charge is 0.209 e. The van der Waals surface area contributed by atoms with Gasteiger partial charge in [-0.05, 0) is 19.4 Å². The van der Waals surface area contributed by atoms with Gasteiger partial charge in [-0.2, -0.15) is 5.43 Å². The van der Waals surface area contributed by atoms with Gasteiger partial charge >= 0.3 is 0 Å². The number of piperazine rings is 1. The van der Waals surface area contributed by atoms with Crippen LogP contribution in [0.5, 0.6) is 0 Å². The van der Waals surface area contributed by atoms with Crippen LogP contribution in [0, 0.1) is 0 Å². The van der Waals surface area contributed by atoms with E-state index in [1.165, 1.54) is 0 Å². The number of aliphatic imine (C=N–C) groups is 1. The van der Waals surface area contributed by atoms with E-state index in [0.717, 1.165) is 43.9 Å². The first-order chi connectivity index (χ1) is 12.0. The van der Waals surface area contributed by atoms with Crippen molar-refractivity contribution < 1.29 is 0 Å². The fourth-order valence-electron chi connectivity index (χ4n) is 3.19. The van der Waals surface area contributed by atoms with Gasteiger partial charge in [0, 0.05) is 44.3 Å². The van der Waals surface area contributed by atoms with Crippen molar-refractivity contribution in [3.8, 4) is 0 Å². The Hall–Kier alpha value is -1.93. The molecule has 6 N–H and O–H groups in total. The van der Waals surface area contributed by atoms with Gasteiger partial charge in [-0.15, -0.1) is 0 Å². The molecule has 1 unspecified atom stereocenters. The zero-order chi connectivity index (χ0) is 17.9. The van der Waals surface area contributed by atoms with Gasteiger partial charge in [-0.25, -0.2) is 4.99 Å². The zero-order valence-corrected chi connectivity index (χ0v) is 15.1. The van der Waals surface area contributed by atoms with Crippen LogP contribution in [-0.4, -0.2) is 54.5 Å². The van der Waals surface area contributed by atoms with Crippen molar-refractivity contribution in [3.63, 3.8) is 0 Å². The molecule has 0 spiro atoms. The lowest BCUT2D eigenvalue weighted by Gasteiger charge is -2.36. The molecule has 1 atom stereocenters. The van der Waals surface area contributed by atoms with Crippen LogP contribution in [0.15, 0.2) is 35.3 Å². The van der Waals surface area contributed by atoms with E-state index in [2.05, 4.69) is 51.6 Å². The predicted molar refractivity (Wildman–Crippen MR) is 102 cm³/mol. The Morgan fingerprint density at radius 2 is 1.88 bits per heavy atom. The molecule has 0 bridgehead atoms. The van der Waals surface area contributed by atoms with Gasteiger partial charge in [0.1, 0.15) is 0 Å². The molecule has 0 aliphatic carbocycles. The lowest BCUT2D eigenvalue weighted by Crippen LogP contribution is -2.50. The van der Waals surface area contributed by atoms with E-state index in [1.54, 1.807) is 0 Å². The fraction of sp³-hybridized carbons (Fsp3) is 0.500. The molecule has 1 saturated heterocycles. The first-order valence-corrected chi connectivity index (χ1v) is 8.87. The third-order valence-electron chi connectivity index (χ3n) is 4.84. The van der Waals surface area contributed by atoms with E-state index in [4.69, 9.17) is 11.5 Å². The van der Waals surface area contributed by atoms with E-state index in [9.17, 15) is 0 Å². The number of nitrogens with one attached hydrogen (secondary N) is 2. The van der Waals surface area contributed by atoms with Crippen molar-refractivity contribution in [1.82, 2.24) is 20.7 Å². The molecule has 2 aliphatic rings. The number of guanidine groups is 1. The third kappa shape index (κ3) is 4.38. The Morgan fingerprint density at radius 1 is 1.20 bits per heavy atom. The summed E-state index contributed by atoms with van der Waals surface area (Å²) in [6.45, 7) is 10.1. The Bertz CT molecular complexity index is 629. The first kappa shape index (κ1) is 17.9. The molecule has 0 amide bonds. The third-order valence-corrected chi connectivity index (χ3v) is 4.84. The molecule has 7 heteroatoms. The van der Waals surface area contributed by atoms with E-state index >= 15 is 0 Å². The van der Waals surface area contributed by atoms with Crippen LogP contribution in [0.25, 0.3) is 6.08 Å². The Morgan fingerprint density at radius 3 is 2.44 bits per heavy atom. The highest BCUT2D eigenvalue weighted by molar-refractivity contribution is 5.79. The predicted octanol–water partition coefficient (Wildman–Crippen LogP) is 0.217. The van der Waals surface area contributed by atoms with Gasteiger partial charge in [0.2, 0.25) is 11.7 Å². The molecule has 2 heterocycles. The Kier molecular flexibility index (Phi) is 5.39. The van der Waals surface area contributed by atoms with E-state index in [0.29, 0.717) is 12.0 Å². The maximum absolute atomic E-state index is 6.18. The van der Waals surface area contributed by atoms with E-state index in [-0.39, 0.29) is 0 Å². The molecule has 1 aromatic rings. The number of hydrogen-bond acceptors (Lipinski definition) is 7. The van der Waals surface area contributed by atoms with Gasteiger partial charge in [0.05, 0.1) is 0 Å². The van der Waals surface area contributed by atoms with Gasteiger partial charge in [0.15, 0.2) is 0 Å². The molecular weight excluding hydrogens is 314 g/mol. The van der Waals surface area contributed by atoms with Crippen molar-refractivity contribution in [2.24, 2.45) is 16.5 Å². The quantitative estimate of drug-likeness (QED) is 0.611. The lowest BCUT2D eigenvalue weighted by molar-refractivity contribution is 0.117. The second-order valence-electron chi connectivity index (χ2n) is 6.97. The van der Waals surface area contributed by atoms with Crippen LogP contribution >= 0.6 is 0 Å². The van der Waals surface area contributed by atoms with Gasteiger partial charge in [-0.1, -0.05) is 36.4 Å². The topological polar surface area (TPSA) is 94.9 Å². The summed E-state index contributed by atoms with van der Waals surface area (Å²) in [6, 6.07) is 8.67. The summed E-state index contributed by atoms with van der Waals surface area (Å²) in [7, 11) is 0. The summed E-state index contributed by atoms with van der Waals surface area (Å²) in [4.78, 5) is 9.20. The monoisotopic (exact) mass is 343 g/mol. The molecule has 7 nitrogen and oxygen atoms in total. The summed E-state index contributed by atoms with van der Waals surface area (Å²) in [5, 5.41) is 0. The SMILES string of the molecule is CC(C)N1CCN(CC=Cc2ccc(C3(N)N=C(N)NN3)cc2)CC1. The number of benzene rings is 1. The van der Waals surface area contributed by atoms with E-state index in [1.807, 2.05) is 24.3 Å². The van der Waals surface area contributed by atoms with Crippen molar-refractivity contribution in [2.75, 3.05) is 32.7 Å². The molecule has 0 saturated carbocycles. The number of hydrazine groups is 1. The van der Waals surface area contributed by atoms with Crippen molar-refractivity contribution >= 4 is 12.0 Å². The summed E-state index contributed by atoms with van der Waals surface area (Å²) in [5.74, 6) is -0.702. The van der Waals surface area contributed by atoms with Crippen molar-refractivity contribution in [2.45, 2.75) is 25.7 Å². The Labute approximate surface area is 149 Å². The fourth-order valence-corrected chi connectivity index (χ4v) is 3.19. The standard InChI is InChI=1S/C18H29N7/c1-14(2)25-12-10-24(11-13-25)9-3-4-15-5-7-16(8-6-15)18(20)21-17(19)22-23-18/h3-8,14,23H,9-13,20H2,1-2H3,(H3,19,21,22). The Balaban J connectivity index is 1.51. The molecular formula is C18H29N7. The minimum Gasteiger partial charge on any atom is -0.369 e. The van der Waals surface area contributed by atoms with Crippen LogP contribution in [0.1, 0.15) is 25.0 Å². The van der Waals surface area contributed by atoms with Crippen molar-refractivity contribution in [1.29, 1.82) is 0 Å². The zero-order valence-electron chi connectivity index (χ0n) is 15.1. The molecule has 136 valence electrons. The van der Waals surface area contributed by atoms with Crippen molar-refractivity contribution in [3.05, 3.63) is 41.5 Å². The molecule has 3 rings (SSSR count). The van der Waals surface area contributed by atoms with Crippen LogP contribution < -0.4 is 22.3 Å². The molecule has 1 fully saturated rings. The minimum absolute atomic E-state index is 0.295. The van der Waals surface area contributed by atoms with E-state index < -0.39 is 5.79 Å². The summed E-state index contributed by atoms with van der Waals surface area (Å²) in [5.41, 5.74) is 19.4. The normalized spacial score (nSPS) is 25.5. The number of nitrogens with two attached hydrogens (primary N) is 2.